The van der Waals surface area contributed by atoms with Gasteiger partial charge in [-0.05, 0) is 46.7 Å². The Bertz CT molecular complexity index is 528. The molecule has 0 aliphatic rings. The van der Waals surface area contributed by atoms with Gasteiger partial charge in [0.05, 0.1) is 3.57 Å². The van der Waals surface area contributed by atoms with E-state index in [1.54, 1.807) is 6.20 Å². The fourth-order valence-corrected chi connectivity index (χ4v) is 2.01. The van der Waals surface area contributed by atoms with Crippen LogP contribution in [0.5, 0.6) is 0 Å². The molecule has 18 heavy (non-hydrogen) atoms. The Hall–Kier alpha value is -1.31. The number of benzene rings is 1. The molecule has 0 aliphatic heterocycles. The second-order valence-electron chi connectivity index (χ2n) is 3.67. The van der Waals surface area contributed by atoms with E-state index in [1.165, 1.54) is 18.5 Å². The predicted molar refractivity (Wildman–Crippen MR) is 73.3 cm³/mol. The molecule has 0 atom stereocenters. The van der Waals surface area contributed by atoms with E-state index >= 15 is 0 Å². The van der Waals surface area contributed by atoms with E-state index in [-0.39, 0.29) is 0 Å². The van der Waals surface area contributed by atoms with Crippen LogP contribution in [-0.2, 0) is 6.42 Å². The van der Waals surface area contributed by atoms with Crippen LogP contribution < -0.4 is 5.32 Å². The molecular formula is C12H10F2IN3. The van der Waals surface area contributed by atoms with Gasteiger partial charge in [-0.15, -0.1) is 0 Å². The number of hydrogen-bond donors (Lipinski definition) is 1. The lowest BCUT2D eigenvalue weighted by Crippen LogP contribution is -2.08. The van der Waals surface area contributed by atoms with Crippen LogP contribution in [0.4, 0.5) is 14.6 Å². The van der Waals surface area contributed by atoms with Gasteiger partial charge in [0.2, 0.25) is 0 Å². The Morgan fingerprint density at radius 3 is 2.56 bits per heavy atom. The topological polar surface area (TPSA) is 37.8 Å². The Balaban J connectivity index is 1.94. The summed E-state index contributed by atoms with van der Waals surface area (Å²) in [7, 11) is 0. The minimum Gasteiger partial charge on any atom is -0.369 e. The van der Waals surface area contributed by atoms with Crippen LogP contribution in [0.25, 0.3) is 0 Å². The zero-order valence-corrected chi connectivity index (χ0v) is 11.5. The third-order valence-corrected chi connectivity index (χ3v) is 3.09. The zero-order chi connectivity index (χ0) is 13.0. The third kappa shape index (κ3) is 3.59. The van der Waals surface area contributed by atoms with Crippen molar-refractivity contribution in [3.05, 3.63) is 51.5 Å². The molecule has 1 heterocycles. The molecule has 94 valence electrons. The number of hydrogen-bond acceptors (Lipinski definition) is 3. The van der Waals surface area contributed by atoms with E-state index < -0.39 is 11.6 Å². The van der Waals surface area contributed by atoms with Crippen LogP contribution in [-0.4, -0.2) is 16.5 Å². The minimum absolute atomic E-state index is 0.523. The van der Waals surface area contributed by atoms with E-state index in [4.69, 9.17) is 0 Å². The maximum absolute atomic E-state index is 13.0. The van der Waals surface area contributed by atoms with Gasteiger partial charge in [0.1, 0.15) is 23.8 Å². The second-order valence-corrected chi connectivity index (χ2v) is 4.84. The van der Waals surface area contributed by atoms with Crippen LogP contribution >= 0.6 is 22.6 Å². The summed E-state index contributed by atoms with van der Waals surface area (Å²) < 4.78 is 26.8. The normalized spacial score (nSPS) is 10.4. The lowest BCUT2D eigenvalue weighted by atomic mass is 10.1. The summed E-state index contributed by atoms with van der Waals surface area (Å²) in [4.78, 5) is 7.94. The van der Waals surface area contributed by atoms with Crippen molar-refractivity contribution < 1.29 is 8.78 Å². The van der Waals surface area contributed by atoms with E-state index in [9.17, 15) is 8.78 Å². The van der Waals surface area contributed by atoms with Crippen molar-refractivity contribution in [2.45, 2.75) is 6.42 Å². The first-order valence-corrected chi connectivity index (χ1v) is 6.37. The molecule has 0 fully saturated rings. The molecule has 2 rings (SSSR count). The number of halogens is 3. The first-order valence-electron chi connectivity index (χ1n) is 5.29. The van der Waals surface area contributed by atoms with Crippen molar-refractivity contribution in [1.29, 1.82) is 0 Å². The van der Waals surface area contributed by atoms with Gasteiger partial charge in [0, 0.05) is 18.8 Å². The van der Waals surface area contributed by atoms with Crippen LogP contribution in [0, 0.1) is 15.2 Å². The van der Waals surface area contributed by atoms with Gasteiger partial charge < -0.3 is 5.32 Å². The summed E-state index contributed by atoms with van der Waals surface area (Å²) in [6.07, 6.45) is 3.67. The number of aromatic nitrogens is 2. The zero-order valence-electron chi connectivity index (χ0n) is 9.33. The molecule has 0 amide bonds. The average Bonchev–Trinajstić information content (AvgIpc) is 2.30. The van der Waals surface area contributed by atoms with Crippen molar-refractivity contribution >= 4 is 28.4 Å². The lowest BCUT2D eigenvalue weighted by Gasteiger charge is -2.07. The van der Waals surface area contributed by atoms with E-state index in [0.29, 0.717) is 18.5 Å². The highest BCUT2D eigenvalue weighted by atomic mass is 127. The maximum Gasteiger partial charge on any atom is 0.142 e. The highest BCUT2D eigenvalue weighted by Gasteiger charge is 2.02. The van der Waals surface area contributed by atoms with Crippen LogP contribution in [0.3, 0.4) is 0 Å². The molecule has 0 bridgehead atoms. The van der Waals surface area contributed by atoms with Crippen molar-refractivity contribution in [2.75, 3.05) is 11.9 Å². The molecule has 6 heteroatoms. The molecule has 2 aromatic rings. The summed E-state index contributed by atoms with van der Waals surface area (Å²) in [6.45, 7) is 0.551. The van der Waals surface area contributed by atoms with Crippen molar-refractivity contribution in [3.8, 4) is 0 Å². The van der Waals surface area contributed by atoms with Crippen molar-refractivity contribution in [2.24, 2.45) is 0 Å². The third-order valence-electron chi connectivity index (χ3n) is 2.30. The quantitative estimate of drug-likeness (QED) is 0.851. The fourth-order valence-electron chi connectivity index (χ4n) is 1.52. The van der Waals surface area contributed by atoms with Gasteiger partial charge in [-0.25, -0.2) is 18.7 Å². The van der Waals surface area contributed by atoms with Gasteiger partial charge in [-0.1, -0.05) is 0 Å². The molecule has 1 N–H and O–H groups in total. The van der Waals surface area contributed by atoms with Crippen molar-refractivity contribution in [1.82, 2.24) is 9.97 Å². The smallest absolute Gasteiger partial charge is 0.142 e. The Morgan fingerprint density at radius 2 is 1.89 bits per heavy atom. The van der Waals surface area contributed by atoms with E-state index in [0.717, 1.165) is 15.5 Å². The molecule has 0 saturated carbocycles. The molecule has 0 aliphatic carbocycles. The Labute approximate surface area is 117 Å². The summed E-state index contributed by atoms with van der Waals surface area (Å²) in [5.74, 6) is -0.384. The van der Waals surface area contributed by atoms with Gasteiger partial charge >= 0.3 is 0 Å². The van der Waals surface area contributed by atoms with Gasteiger partial charge in [0.15, 0.2) is 0 Å². The van der Waals surface area contributed by atoms with Crippen LogP contribution in [0.1, 0.15) is 5.56 Å². The summed E-state index contributed by atoms with van der Waals surface area (Å²) >= 11 is 2.12. The summed E-state index contributed by atoms with van der Waals surface area (Å²) in [6, 6.07) is 3.52. The number of anilines is 1. The van der Waals surface area contributed by atoms with Gasteiger partial charge in [-0.3, -0.25) is 0 Å². The standard InChI is InChI=1S/C12H10F2IN3/c13-9-3-8(4-10(14)5-9)1-2-17-12-11(15)6-16-7-18-12/h3-7H,1-2H2,(H,16,17,18). The second kappa shape index (κ2) is 6.03. The molecule has 0 spiro atoms. The van der Waals surface area contributed by atoms with E-state index in [2.05, 4.69) is 37.9 Å². The fraction of sp³-hybridized carbons (Fsp3) is 0.167. The lowest BCUT2D eigenvalue weighted by molar-refractivity contribution is 0.580. The van der Waals surface area contributed by atoms with Crippen molar-refractivity contribution in [3.63, 3.8) is 0 Å². The Morgan fingerprint density at radius 1 is 1.17 bits per heavy atom. The maximum atomic E-state index is 13.0. The minimum atomic E-state index is -0.554. The first kappa shape index (κ1) is 13.1. The summed E-state index contributed by atoms with van der Waals surface area (Å²) in [5.41, 5.74) is 0.615. The first-order chi connectivity index (χ1) is 8.65. The number of nitrogens with one attached hydrogen (secondary N) is 1. The highest BCUT2D eigenvalue weighted by molar-refractivity contribution is 14.1. The van der Waals surface area contributed by atoms with Gasteiger partial charge in [-0.2, -0.15) is 0 Å². The SMILES string of the molecule is Fc1cc(F)cc(CCNc2ncncc2I)c1. The summed E-state index contributed by atoms with van der Waals surface area (Å²) in [5, 5.41) is 3.10. The van der Waals surface area contributed by atoms with Crippen LogP contribution in [0.15, 0.2) is 30.7 Å². The molecule has 0 unspecified atom stereocenters. The molecular weight excluding hydrogens is 351 g/mol. The molecule has 1 aromatic carbocycles. The molecule has 1 aromatic heterocycles. The molecule has 0 saturated heterocycles. The monoisotopic (exact) mass is 361 g/mol. The molecule has 3 nitrogen and oxygen atoms in total. The Kier molecular flexibility index (Phi) is 4.40. The van der Waals surface area contributed by atoms with E-state index in [1.807, 2.05) is 0 Å². The largest absolute Gasteiger partial charge is 0.369 e. The number of rotatable bonds is 4. The molecule has 0 radical (unpaired) electrons. The average molecular weight is 361 g/mol. The predicted octanol–water partition coefficient (Wildman–Crippen LogP) is 3.01. The van der Waals surface area contributed by atoms with Gasteiger partial charge in [0.25, 0.3) is 0 Å². The van der Waals surface area contributed by atoms with Crippen LogP contribution in [0.2, 0.25) is 0 Å². The highest BCUT2D eigenvalue weighted by Crippen LogP contribution is 2.13. The number of nitrogens with zero attached hydrogens (tertiary/aromatic N) is 2.